The average molecular weight is 287 g/mol. The van der Waals surface area contributed by atoms with Crippen molar-refractivity contribution in [3.63, 3.8) is 0 Å². The second kappa shape index (κ2) is 6.86. The smallest absolute Gasteiger partial charge is 0.322 e. The Balaban J connectivity index is 2.11. The van der Waals surface area contributed by atoms with E-state index in [2.05, 4.69) is 15.0 Å². The van der Waals surface area contributed by atoms with Crippen molar-refractivity contribution in [3.05, 3.63) is 5.28 Å². The molecule has 0 N–H and O–H groups in total. The normalized spacial score (nSPS) is 16.4. The molecule has 1 fully saturated rings. The van der Waals surface area contributed by atoms with Crippen molar-refractivity contribution in [2.75, 3.05) is 31.2 Å². The lowest BCUT2D eigenvalue weighted by Gasteiger charge is -2.23. The fourth-order valence-corrected chi connectivity index (χ4v) is 2.11. The van der Waals surface area contributed by atoms with Crippen LogP contribution in [0.15, 0.2) is 0 Å². The van der Waals surface area contributed by atoms with Crippen LogP contribution in [0, 0.1) is 0 Å². The Bertz CT molecular complexity index is 409. The molecule has 0 radical (unpaired) electrons. The standard InChI is InChI=1S/C12H19ClN4O2/c1-3-17(4-2)11-14-10(13)15-12(16-11)19-9-5-7-18-8-6-9/h9H,3-8H2,1-2H3. The van der Waals surface area contributed by atoms with Gasteiger partial charge in [0.15, 0.2) is 0 Å². The van der Waals surface area contributed by atoms with Crippen LogP contribution in [0.3, 0.4) is 0 Å². The van der Waals surface area contributed by atoms with Crippen LogP contribution in [0.2, 0.25) is 5.28 Å². The van der Waals surface area contributed by atoms with Gasteiger partial charge < -0.3 is 14.4 Å². The number of aromatic nitrogens is 3. The van der Waals surface area contributed by atoms with E-state index in [1.54, 1.807) is 0 Å². The molecule has 2 heterocycles. The van der Waals surface area contributed by atoms with Crippen LogP contribution < -0.4 is 9.64 Å². The van der Waals surface area contributed by atoms with E-state index in [1.807, 2.05) is 18.7 Å². The molecule has 0 aromatic carbocycles. The number of anilines is 1. The number of hydrogen-bond donors (Lipinski definition) is 0. The average Bonchev–Trinajstić information content (AvgIpc) is 2.40. The van der Waals surface area contributed by atoms with E-state index in [0.29, 0.717) is 25.2 Å². The van der Waals surface area contributed by atoms with Gasteiger partial charge in [-0.15, -0.1) is 0 Å². The molecule has 1 aliphatic rings. The summed E-state index contributed by atoms with van der Waals surface area (Å²) in [5, 5.41) is 0.166. The van der Waals surface area contributed by atoms with E-state index >= 15 is 0 Å². The van der Waals surface area contributed by atoms with Gasteiger partial charge in [-0.2, -0.15) is 15.0 Å². The summed E-state index contributed by atoms with van der Waals surface area (Å²) in [6.07, 6.45) is 1.80. The van der Waals surface area contributed by atoms with E-state index in [-0.39, 0.29) is 11.4 Å². The van der Waals surface area contributed by atoms with Gasteiger partial charge in [-0.25, -0.2) is 0 Å². The molecular formula is C12H19ClN4O2. The number of rotatable bonds is 5. The molecule has 0 saturated carbocycles. The number of ether oxygens (including phenoxy) is 2. The summed E-state index contributed by atoms with van der Waals surface area (Å²) >= 11 is 5.93. The van der Waals surface area contributed by atoms with Crippen LogP contribution in [0.5, 0.6) is 6.01 Å². The fraction of sp³-hybridized carbons (Fsp3) is 0.750. The van der Waals surface area contributed by atoms with E-state index in [1.165, 1.54) is 0 Å². The maximum Gasteiger partial charge on any atom is 0.322 e. The summed E-state index contributed by atoms with van der Waals surface area (Å²) < 4.78 is 11.1. The third-order valence-corrected chi connectivity index (χ3v) is 3.23. The summed E-state index contributed by atoms with van der Waals surface area (Å²) in [6, 6.07) is 0.300. The zero-order valence-corrected chi connectivity index (χ0v) is 12.1. The number of nitrogens with zero attached hydrogens (tertiary/aromatic N) is 4. The highest BCUT2D eigenvalue weighted by molar-refractivity contribution is 6.28. The molecule has 6 nitrogen and oxygen atoms in total. The van der Waals surface area contributed by atoms with Gasteiger partial charge >= 0.3 is 6.01 Å². The Morgan fingerprint density at radius 1 is 1.21 bits per heavy atom. The van der Waals surface area contributed by atoms with Crippen LogP contribution in [0.25, 0.3) is 0 Å². The van der Waals surface area contributed by atoms with E-state index in [4.69, 9.17) is 21.1 Å². The molecule has 1 aliphatic heterocycles. The maximum absolute atomic E-state index is 5.93. The minimum absolute atomic E-state index is 0.0942. The highest BCUT2D eigenvalue weighted by Crippen LogP contribution is 2.18. The van der Waals surface area contributed by atoms with Crippen molar-refractivity contribution in [2.45, 2.75) is 32.8 Å². The molecule has 106 valence electrons. The van der Waals surface area contributed by atoms with Gasteiger partial charge in [0.1, 0.15) is 6.10 Å². The molecule has 7 heteroatoms. The zero-order chi connectivity index (χ0) is 13.7. The van der Waals surface area contributed by atoms with Crippen molar-refractivity contribution in [1.29, 1.82) is 0 Å². The first kappa shape index (κ1) is 14.3. The van der Waals surface area contributed by atoms with Crippen molar-refractivity contribution in [1.82, 2.24) is 15.0 Å². The Hall–Kier alpha value is -1.14. The van der Waals surface area contributed by atoms with E-state index in [0.717, 1.165) is 25.9 Å². The third-order valence-electron chi connectivity index (χ3n) is 3.06. The lowest BCUT2D eigenvalue weighted by molar-refractivity contribution is 0.0216. The molecule has 1 aromatic heterocycles. The SMILES string of the molecule is CCN(CC)c1nc(Cl)nc(OC2CCOCC2)n1. The van der Waals surface area contributed by atoms with Crippen molar-refractivity contribution in [3.8, 4) is 6.01 Å². The van der Waals surface area contributed by atoms with Crippen LogP contribution in [-0.4, -0.2) is 47.4 Å². The summed E-state index contributed by atoms with van der Waals surface area (Å²) in [6.45, 7) is 7.14. The predicted molar refractivity (Wildman–Crippen MR) is 72.9 cm³/mol. The first-order chi connectivity index (χ1) is 9.22. The van der Waals surface area contributed by atoms with Gasteiger partial charge in [0.05, 0.1) is 13.2 Å². The highest BCUT2D eigenvalue weighted by atomic mass is 35.5. The summed E-state index contributed by atoms with van der Waals surface area (Å²) in [5.74, 6) is 0.562. The molecule has 0 bridgehead atoms. The number of halogens is 1. The van der Waals surface area contributed by atoms with Gasteiger partial charge in [0, 0.05) is 25.9 Å². The maximum atomic E-state index is 5.93. The van der Waals surface area contributed by atoms with Gasteiger partial charge in [-0.1, -0.05) is 0 Å². The molecule has 1 aromatic rings. The van der Waals surface area contributed by atoms with Gasteiger partial charge in [0.2, 0.25) is 11.2 Å². The Labute approximate surface area is 118 Å². The molecule has 1 saturated heterocycles. The first-order valence-electron chi connectivity index (χ1n) is 6.63. The molecule has 0 unspecified atom stereocenters. The van der Waals surface area contributed by atoms with Gasteiger partial charge in [-0.3, -0.25) is 0 Å². The van der Waals surface area contributed by atoms with E-state index in [9.17, 15) is 0 Å². The molecule has 0 amide bonds. The Kier molecular flexibility index (Phi) is 5.15. The quantitative estimate of drug-likeness (QED) is 0.824. The van der Waals surface area contributed by atoms with Crippen LogP contribution in [0.1, 0.15) is 26.7 Å². The lowest BCUT2D eigenvalue weighted by atomic mass is 10.2. The van der Waals surface area contributed by atoms with Crippen LogP contribution >= 0.6 is 11.6 Å². The monoisotopic (exact) mass is 286 g/mol. The molecule has 2 rings (SSSR count). The largest absolute Gasteiger partial charge is 0.460 e. The minimum atomic E-state index is 0.0942. The van der Waals surface area contributed by atoms with Crippen LogP contribution in [-0.2, 0) is 4.74 Å². The van der Waals surface area contributed by atoms with Crippen molar-refractivity contribution in [2.24, 2.45) is 0 Å². The molecule has 19 heavy (non-hydrogen) atoms. The molecule has 0 spiro atoms. The highest BCUT2D eigenvalue weighted by Gasteiger charge is 2.18. The van der Waals surface area contributed by atoms with Crippen molar-refractivity contribution < 1.29 is 9.47 Å². The topological polar surface area (TPSA) is 60.4 Å². The first-order valence-corrected chi connectivity index (χ1v) is 7.01. The summed E-state index contributed by atoms with van der Waals surface area (Å²) in [7, 11) is 0. The molecule has 0 atom stereocenters. The minimum Gasteiger partial charge on any atom is -0.460 e. The van der Waals surface area contributed by atoms with Crippen LogP contribution in [0.4, 0.5) is 5.95 Å². The zero-order valence-electron chi connectivity index (χ0n) is 11.3. The summed E-state index contributed by atoms with van der Waals surface area (Å²) in [4.78, 5) is 14.5. The Morgan fingerprint density at radius 3 is 2.53 bits per heavy atom. The predicted octanol–water partition coefficient (Wildman–Crippen LogP) is 1.93. The second-order valence-electron chi connectivity index (χ2n) is 4.29. The third kappa shape index (κ3) is 3.91. The second-order valence-corrected chi connectivity index (χ2v) is 4.63. The fourth-order valence-electron chi connectivity index (χ4n) is 1.97. The van der Waals surface area contributed by atoms with E-state index < -0.39 is 0 Å². The van der Waals surface area contributed by atoms with Gasteiger partial charge in [-0.05, 0) is 25.4 Å². The molecule has 0 aliphatic carbocycles. The van der Waals surface area contributed by atoms with Crippen molar-refractivity contribution >= 4 is 17.5 Å². The molecular weight excluding hydrogens is 268 g/mol. The lowest BCUT2D eigenvalue weighted by Crippen LogP contribution is -2.28. The number of hydrogen-bond acceptors (Lipinski definition) is 6. The summed E-state index contributed by atoms with van der Waals surface area (Å²) in [5.41, 5.74) is 0. The van der Waals surface area contributed by atoms with Gasteiger partial charge in [0.25, 0.3) is 0 Å². The Morgan fingerprint density at radius 2 is 1.89 bits per heavy atom.